The summed E-state index contributed by atoms with van der Waals surface area (Å²) in [5.74, 6) is 4.60. The van der Waals surface area contributed by atoms with Crippen LogP contribution in [-0.4, -0.2) is 0 Å². The average Bonchev–Trinajstić information content (AvgIpc) is 2.64. The Morgan fingerprint density at radius 3 is 2.00 bits per heavy atom. The van der Waals surface area contributed by atoms with Crippen LogP contribution in [0.1, 0.15) is 62.5 Å². The summed E-state index contributed by atoms with van der Waals surface area (Å²) in [6, 6.07) is 17.4. The second-order valence-corrected chi connectivity index (χ2v) is 7.11. The molecule has 2 aromatic carbocycles. The van der Waals surface area contributed by atoms with Crippen LogP contribution in [0.15, 0.2) is 48.5 Å². The first-order valence-electron chi connectivity index (χ1n) is 9.12. The van der Waals surface area contributed by atoms with Crippen LogP contribution in [0.5, 0.6) is 0 Å². The van der Waals surface area contributed by atoms with Crippen molar-refractivity contribution >= 4 is 11.6 Å². The second-order valence-electron chi connectivity index (χ2n) is 6.93. The van der Waals surface area contributed by atoms with Crippen molar-refractivity contribution in [3.05, 3.63) is 59.7 Å². The number of rotatable bonds is 4. The standard InChI is InChI=1S/C23H25Cl/c1-2-3-18-4-8-20(9-5-18)22-12-14-23(15-13-22)21-10-6-19(7-11-21)16-17-24/h6-7,10-15,18,20H,2-5,8-9H2,1H3. The van der Waals surface area contributed by atoms with Gasteiger partial charge in [0.05, 0.1) is 0 Å². The molecule has 1 fully saturated rings. The fourth-order valence-electron chi connectivity index (χ4n) is 3.94. The zero-order valence-electron chi connectivity index (χ0n) is 14.4. The lowest BCUT2D eigenvalue weighted by Gasteiger charge is -2.28. The molecule has 1 aliphatic rings. The summed E-state index contributed by atoms with van der Waals surface area (Å²) in [5, 5.41) is 2.42. The molecule has 0 unspecified atom stereocenters. The van der Waals surface area contributed by atoms with E-state index in [1.807, 2.05) is 12.1 Å². The van der Waals surface area contributed by atoms with Crippen LogP contribution in [0.2, 0.25) is 0 Å². The molecule has 0 saturated heterocycles. The summed E-state index contributed by atoms with van der Waals surface area (Å²) in [6.07, 6.45) is 8.27. The first-order chi connectivity index (χ1) is 11.8. The van der Waals surface area contributed by atoms with E-state index in [4.69, 9.17) is 11.6 Å². The number of halogens is 1. The normalized spacial score (nSPS) is 20.2. The SMILES string of the molecule is CCCC1CCC(c2ccc(-c3ccc(C#CCl)cc3)cc2)CC1. The minimum absolute atomic E-state index is 0.758. The molecule has 0 amide bonds. The van der Waals surface area contributed by atoms with Crippen LogP contribution in [0.25, 0.3) is 11.1 Å². The van der Waals surface area contributed by atoms with E-state index in [1.165, 1.54) is 55.2 Å². The number of hydrogen-bond acceptors (Lipinski definition) is 0. The topological polar surface area (TPSA) is 0 Å². The van der Waals surface area contributed by atoms with Gasteiger partial charge in [0, 0.05) is 10.9 Å². The van der Waals surface area contributed by atoms with E-state index in [0.29, 0.717) is 0 Å². The number of benzene rings is 2. The summed E-state index contributed by atoms with van der Waals surface area (Å²) in [5.41, 5.74) is 4.96. The fraction of sp³-hybridized carbons (Fsp3) is 0.391. The van der Waals surface area contributed by atoms with E-state index >= 15 is 0 Å². The first kappa shape index (κ1) is 17.1. The smallest absolute Gasteiger partial charge is 0.0258 e. The molecule has 2 aromatic rings. The van der Waals surface area contributed by atoms with Crippen molar-refractivity contribution < 1.29 is 0 Å². The van der Waals surface area contributed by atoms with Crippen LogP contribution >= 0.6 is 11.6 Å². The zero-order valence-corrected chi connectivity index (χ0v) is 15.2. The molecular formula is C23H25Cl. The van der Waals surface area contributed by atoms with Gasteiger partial charge in [-0.25, -0.2) is 0 Å². The summed E-state index contributed by atoms with van der Waals surface area (Å²) >= 11 is 5.45. The Kier molecular flexibility index (Phi) is 6.00. The average molecular weight is 337 g/mol. The van der Waals surface area contributed by atoms with Crippen LogP contribution < -0.4 is 0 Å². The van der Waals surface area contributed by atoms with E-state index in [0.717, 1.165) is 17.4 Å². The molecule has 0 heterocycles. The monoisotopic (exact) mass is 336 g/mol. The third kappa shape index (κ3) is 4.22. The van der Waals surface area contributed by atoms with E-state index < -0.39 is 0 Å². The highest BCUT2D eigenvalue weighted by molar-refractivity contribution is 6.30. The molecule has 0 nitrogen and oxygen atoms in total. The van der Waals surface area contributed by atoms with E-state index in [2.05, 4.69) is 54.6 Å². The van der Waals surface area contributed by atoms with E-state index in [1.54, 1.807) is 0 Å². The molecule has 1 saturated carbocycles. The quantitative estimate of drug-likeness (QED) is 0.528. The Hall–Kier alpha value is -1.71. The summed E-state index contributed by atoms with van der Waals surface area (Å²) in [4.78, 5) is 0. The molecule has 0 N–H and O–H groups in total. The highest BCUT2D eigenvalue weighted by atomic mass is 35.5. The molecule has 0 spiro atoms. The lowest BCUT2D eigenvalue weighted by Crippen LogP contribution is -2.13. The molecule has 124 valence electrons. The molecule has 24 heavy (non-hydrogen) atoms. The number of hydrogen-bond donors (Lipinski definition) is 0. The van der Waals surface area contributed by atoms with Crippen molar-refractivity contribution in [2.24, 2.45) is 5.92 Å². The second kappa shape index (κ2) is 8.41. The van der Waals surface area contributed by atoms with Crippen molar-refractivity contribution in [3.63, 3.8) is 0 Å². The van der Waals surface area contributed by atoms with Crippen LogP contribution in [-0.2, 0) is 0 Å². The van der Waals surface area contributed by atoms with E-state index in [-0.39, 0.29) is 0 Å². The maximum absolute atomic E-state index is 5.45. The highest BCUT2D eigenvalue weighted by Crippen LogP contribution is 2.37. The van der Waals surface area contributed by atoms with Crippen LogP contribution in [0, 0.1) is 17.2 Å². The van der Waals surface area contributed by atoms with Gasteiger partial charge in [0.15, 0.2) is 0 Å². The van der Waals surface area contributed by atoms with Gasteiger partial charge < -0.3 is 0 Å². The van der Waals surface area contributed by atoms with Gasteiger partial charge in [-0.3, -0.25) is 0 Å². The summed E-state index contributed by atoms with van der Waals surface area (Å²) in [6.45, 7) is 2.31. The molecule has 1 heteroatoms. The Morgan fingerprint density at radius 2 is 1.46 bits per heavy atom. The van der Waals surface area contributed by atoms with Gasteiger partial charge in [-0.05, 0) is 83.9 Å². The molecule has 1 aliphatic carbocycles. The molecule has 0 bridgehead atoms. The lowest BCUT2D eigenvalue weighted by atomic mass is 9.77. The van der Waals surface area contributed by atoms with Gasteiger partial charge in [0.1, 0.15) is 0 Å². The molecule has 0 aromatic heterocycles. The van der Waals surface area contributed by atoms with E-state index in [9.17, 15) is 0 Å². The van der Waals surface area contributed by atoms with Gasteiger partial charge in [0.25, 0.3) is 0 Å². The van der Waals surface area contributed by atoms with Gasteiger partial charge in [-0.15, -0.1) is 0 Å². The Balaban J connectivity index is 1.66. The van der Waals surface area contributed by atoms with Gasteiger partial charge in [-0.1, -0.05) is 56.2 Å². The third-order valence-corrected chi connectivity index (χ3v) is 5.43. The van der Waals surface area contributed by atoms with Crippen molar-refractivity contribution in [1.29, 1.82) is 0 Å². The Labute approximate surface area is 151 Å². The maximum Gasteiger partial charge on any atom is 0.0258 e. The molecular weight excluding hydrogens is 312 g/mol. The molecule has 0 radical (unpaired) electrons. The van der Waals surface area contributed by atoms with Gasteiger partial charge >= 0.3 is 0 Å². The summed E-state index contributed by atoms with van der Waals surface area (Å²) in [7, 11) is 0. The predicted octanol–water partition coefficient (Wildman–Crippen LogP) is 6.98. The predicted molar refractivity (Wildman–Crippen MR) is 104 cm³/mol. The third-order valence-electron chi connectivity index (χ3n) is 5.34. The van der Waals surface area contributed by atoms with Crippen molar-refractivity contribution in [2.45, 2.75) is 51.4 Å². The fourth-order valence-corrected chi connectivity index (χ4v) is 4.05. The minimum atomic E-state index is 0.758. The Morgan fingerprint density at radius 1 is 0.875 bits per heavy atom. The zero-order chi connectivity index (χ0) is 16.8. The van der Waals surface area contributed by atoms with Crippen molar-refractivity contribution in [3.8, 4) is 22.4 Å². The lowest BCUT2D eigenvalue weighted by molar-refractivity contribution is 0.308. The van der Waals surface area contributed by atoms with Gasteiger partial charge in [0.2, 0.25) is 0 Å². The van der Waals surface area contributed by atoms with Crippen molar-refractivity contribution in [1.82, 2.24) is 0 Å². The Bertz CT molecular complexity index is 692. The van der Waals surface area contributed by atoms with Crippen LogP contribution in [0.4, 0.5) is 0 Å². The summed E-state index contributed by atoms with van der Waals surface area (Å²) < 4.78 is 0. The van der Waals surface area contributed by atoms with Crippen molar-refractivity contribution in [2.75, 3.05) is 0 Å². The van der Waals surface area contributed by atoms with Gasteiger partial charge in [-0.2, -0.15) is 0 Å². The largest absolute Gasteiger partial charge is 0.0654 e. The minimum Gasteiger partial charge on any atom is -0.0654 e. The maximum atomic E-state index is 5.45. The molecule has 0 atom stereocenters. The first-order valence-corrected chi connectivity index (χ1v) is 9.50. The highest BCUT2D eigenvalue weighted by Gasteiger charge is 2.21. The molecule has 0 aliphatic heterocycles. The molecule has 3 rings (SSSR count). The van der Waals surface area contributed by atoms with Crippen LogP contribution in [0.3, 0.4) is 0 Å².